The summed E-state index contributed by atoms with van der Waals surface area (Å²) in [5.41, 5.74) is 2.47. The molecule has 2 nitrogen and oxygen atoms in total. The van der Waals surface area contributed by atoms with E-state index < -0.39 is 0 Å². The minimum absolute atomic E-state index is 0.626. The van der Waals surface area contributed by atoms with Gasteiger partial charge >= 0.3 is 0 Å². The van der Waals surface area contributed by atoms with Gasteiger partial charge < -0.3 is 10.7 Å². The van der Waals surface area contributed by atoms with Crippen molar-refractivity contribution < 1.29 is 0 Å². The SMILES string of the molecule is CCC(=N)c1ccc(Cl)cc1NC. The number of benzene rings is 1. The van der Waals surface area contributed by atoms with Gasteiger partial charge in [-0.15, -0.1) is 0 Å². The Balaban J connectivity index is 3.13. The maximum absolute atomic E-state index is 7.71. The lowest BCUT2D eigenvalue weighted by Crippen LogP contribution is -2.02. The van der Waals surface area contributed by atoms with Crippen molar-refractivity contribution in [3.05, 3.63) is 28.8 Å². The Morgan fingerprint density at radius 3 is 2.77 bits per heavy atom. The molecule has 0 saturated carbocycles. The summed E-state index contributed by atoms with van der Waals surface area (Å²) in [6.45, 7) is 1.97. The minimum atomic E-state index is 0.626. The zero-order valence-electron chi connectivity index (χ0n) is 7.82. The van der Waals surface area contributed by atoms with Gasteiger partial charge in [-0.05, 0) is 24.6 Å². The molecule has 0 aliphatic rings. The molecule has 13 heavy (non-hydrogen) atoms. The zero-order chi connectivity index (χ0) is 9.84. The minimum Gasteiger partial charge on any atom is -0.388 e. The van der Waals surface area contributed by atoms with Gasteiger partial charge in [-0.3, -0.25) is 0 Å². The molecule has 0 heterocycles. The highest BCUT2D eigenvalue weighted by Gasteiger charge is 2.05. The Labute approximate surface area is 83.4 Å². The van der Waals surface area contributed by atoms with Gasteiger partial charge in [0.05, 0.1) is 0 Å². The van der Waals surface area contributed by atoms with Crippen LogP contribution in [-0.2, 0) is 0 Å². The number of nitrogens with one attached hydrogen (secondary N) is 2. The maximum atomic E-state index is 7.71. The fourth-order valence-electron chi connectivity index (χ4n) is 1.18. The molecule has 2 N–H and O–H groups in total. The smallest absolute Gasteiger partial charge is 0.0444 e. The third-order valence-corrected chi connectivity index (χ3v) is 2.16. The molecule has 0 unspecified atom stereocenters. The van der Waals surface area contributed by atoms with Gasteiger partial charge in [0.1, 0.15) is 0 Å². The van der Waals surface area contributed by atoms with Crippen molar-refractivity contribution in [2.75, 3.05) is 12.4 Å². The van der Waals surface area contributed by atoms with Crippen LogP contribution in [-0.4, -0.2) is 12.8 Å². The van der Waals surface area contributed by atoms with Gasteiger partial charge in [0.15, 0.2) is 0 Å². The monoisotopic (exact) mass is 196 g/mol. The van der Waals surface area contributed by atoms with Crippen LogP contribution in [0.2, 0.25) is 5.02 Å². The third-order valence-electron chi connectivity index (χ3n) is 1.93. The Morgan fingerprint density at radius 1 is 1.54 bits per heavy atom. The van der Waals surface area contributed by atoms with E-state index in [0.29, 0.717) is 10.7 Å². The molecule has 0 spiro atoms. The molecule has 0 aliphatic heterocycles. The number of rotatable bonds is 3. The van der Waals surface area contributed by atoms with E-state index in [1.807, 2.05) is 32.2 Å². The van der Waals surface area contributed by atoms with E-state index in [-0.39, 0.29) is 0 Å². The van der Waals surface area contributed by atoms with Crippen LogP contribution in [0.25, 0.3) is 0 Å². The molecule has 0 aromatic heterocycles. The molecule has 0 atom stereocenters. The van der Waals surface area contributed by atoms with E-state index in [1.54, 1.807) is 0 Å². The molecular formula is C10H13ClN2. The maximum Gasteiger partial charge on any atom is 0.0444 e. The first-order valence-electron chi connectivity index (χ1n) is 4.24. The Morgan fingerprint density at radius 2 is 2.23 bits per heavy atom. The molecule has 0 bridgehead atoms. The number of halogens is 1. The fraction of sp³-hybridized carbons (Fsp3) is 0.300. The second kappa shape index (κ2) is 4.28. The molecule has 1 rings (SSSR count). The zero-order valence-corrected chi connectivity index (χ0v) is 8.57. The Hall–Kier alpha value is -1.02. The molecule has 0 saturated heterocycles. The van der Waals surface area contributed by atoms with Crippen LogP contribution in [0.15, 0.2) is 18.2 Å². The molecule has 1 aromatic rings. The summed E-state index contributed by atoms with van der Waals surface area (Å²) in [6.07, 6.45) is 0.732. The second-order valence-corrected chi connectivity index (χ2v) is 3.21. The predicted molar refractivity (Wildman–Crippen MR) is 58.1 cm³/mol. The molecular weight excluding hydrogens is 184 g/mol. The van der Waals surface area contributed by atoms with Gasteiger partial charge in [-0.1, -0.05) is 18.5 Å². The van der Waals surface area contributed by atoms with Crippen molar-refractivity contribution in [2.45, 2.75) is 13.3 Å². The van der Waals surface area contributed by atoms with Crippen LogP contribution >= 0.6 is 11.6 Å². The Kier molecular flexibility index (Phi) is 3.32. The standard InChI is InChI=1S/C10H13ClN2/c1-3-9(12)8-5-4-7(11)6-10(8)13-2/h4-6,12-13H,3H2,1-2H3. The average Bonchev–Trinajstić information content (AvgIpc) is 2.16. The van der Waals surface area contributed by atoms with E-state index >= 15 is 0 Å². The molecule has 0 aliphatic carbocycles. The number of anilines is 1. The molecule has 0 radical (unpaired) electrons. The fourth-order valence-corrected chi connectivity index (χ4v) is 1.35. The summed E-state index contributed by atoms with van der Waals surface area (Å²) in [4.78, 5) is 0. The average molecular weight is 197 g/mol. The number of hydrogen-bond donors (Lipinski definition) is 2. The highest BCUT2D eigenvalue weighted by Crippen LogP contribution is 2.21. The first kappa shape index (κ1) is 10.1. The first-order valence-corrected chi connectivity index (χ1v) is 4.62. The summed E-state index contributed by atoms with van der Waals surface area (Å²) >= 11 is 5.83. The van der Waals surface area contributed by atoms with Crippen molar-refractivity contribution in [3.8, 4) is 0 Å². The summed E-state index contributed by atoms with van der Waals surface area (Å²) < 4.78 is 0. The normalized spacial score (nSPS) is 9.77. The van der Waals surface area contributed by atoms with Gasteiger partial charge in [0, 0.05) is 29.0 Å². The summed E-state index contributed by atoms with van der Waals surface area (Å²) in [5, 5.41) is 11.4. The van der Waals surface area contributed by atoms with Crippen LogP contribution in [0.4, 0.5) is 5.69 Å². The van der Waals surface area contributed by atoms with Crippen molar-refractivity contribution in [3.63, 3.8) is 0 Å². The molecule has 0 fully saturated rings. The molecule has 0 amide bonds. The van der Waals surface area contributed by atoms with E-state index in [1.165, 1.54) is 0 Å². The Bertz CT molecular complexity index is 321. The van der Waals surface area contributed by atoms with Crippen molar-refractivity contribution >= 4 is 23.0 Å². The van der Waals surface area contributed by atoms with Gasteiger partial charge in [-0.2, -0.15) is 0 Å². The van der Waals surface area contributed by atoms with Crippen LogP contribution in [0.5, 0.6) is 0 Å². The van der Waals surface area contributed by atoms with Crippen LogP contribution in [0.1, 0.15) is 18.9 Å². The van der Waals surface area contributed by atoms with Gasteiger partial charge in [-0.25, -0.2) is 0 Å². The van der Waals surface area contributed by atoms with Crippen LogP contribution < -0.4 is 5.32 Å². The van der Waals surface area contributed by atoms with Gasteiger partial charge in [0.2, 0.25) is 0 Å². The molecule has 70 valence electrons. The quantitative estimate of drug-likeness (QED) is 0.716. The highest BCUT2D eigenvalue weighted by molar-refractivity contribution is 6.31. The highest BCUT2D eigenvalue weighted by atomic mass is 35.5. The van der Waals surface area contributed by atoms with Crippen LogP contribution in [0, 0.1) is 5.41 Å². The second-order valence-electron chi connectivity index (χ2n) is 2.77. The largest absolute Gasteiger partial charge is 0.388 e. The lowest BCUT2D eigenvalue weighted by molar-refractivity contribution is 1.24. The molecule has 1 aromatic carbocycles. The van der Waals surface area contributed by atoms with Crippen molar-refractivity contribution in [1.29, 1.82) is 5.41 Å². The van der Waals surface area contributed by atoms with Crippen LogP contribution in [0.3, 0.4) is 0 Å². The van der Waals surface area contributed by atoms with Gasteiger partial charge in [0.25, 0.3) is 0 Å². The summed E-state index contributed by atoms with van der Waals surface area (Å²) in [5.74, 6) is 0. The van der Waals surface area contributed by atoms with E-state index in [9.17, 15) is 0 Å². The van der Waals surface area contributed by atoms with Crippen molar-refractivity contribution in [1.82, 2.24) is 0 Å². The number of hydrogen-bond acceptors (Lipinski definition) is 2. The third kappa shape index (κ3) is 2.22. The van der Waals surface area contributed by atoms with E-state index in [2.05, 4.69) is 5.32 Å². The topological polar surface area (TPSA) is 35.9 Å². The lowest BCUT2D eigenvalue weighted by Gasteiger charge is -2.09. The van der Waals surface area contributed by atoms with E-state index in [4.69, 9.17) is 17.0 Å². The van der Waals surface area contributed by atoms with E-state index in [0.717, 1.165) is 17.7 Å². The molecule has 3 heteroatoms. The summed E-state index contributed by atoms with van der Waals surface area (Å²) in [7, 11) is 1.83. The summed E-state index contributed by atoms with van der Waals surface area (Å²) in [6, 6.07) is 5.52. The predicted octanol–water partition coefficient (Wildman–Crippen LogP) is 3.16. The lowest BCUT2D eigenvalue weighted by atomic mass is 10.1. The first-order chi connectivity index (χ1) is 6.19. The van der Waals surface area contributed by atoms with Crippen molar-refractivity contribution in [2.24, 2.45) is 0 Å².